The summed E-state index contributed by atoms with van der Waals surface area (Å²) in [7, 11) is 0. The van der Waals surface area contributed by atoms with Crippen molar-refractivity contribution < 1.29 is 0 Å². The molecule has 0 radical (unpaired) electrons. The lowest BCUT2D eigenvalue weighted by Crippen LogP contribution is -2.17. The summed E-state index contributed by atoms with van der Waals surface area (Å²) in [6, 6.07) is 4.34. The molecule has 8 nitrogen and oxygen atoms in total. The molecule has 1 saturated carbocycles. The van der Waals surface area contributed by atoms with E-state index >= 15 is 0 Å². The van der Waals surface area contributed by atoms with E-state index < -0.39 is 0 Å². The predicted molar refractivity (Wildman–Crippen MR) is 100 cm³/mol. The normalized spacial score (nSPS) is 20.2. The van der Waals surface area contributed by atoms with E-state index in [4.69, 9.17) is 5.73 Å². The van der Waals surface area contributed by atoms with E-state index in [1.807, 2.05) is 25.3 Å². The first-order chi connectivity index (χ1) is 12.7. The number of anilines is 2. The van der Waals surface area contributed by atoms with Crippen molar-refractivity contribution in [1.82, 2.24) is 29.5 Å². The van der Waals surface area contributed by atoms with Crippen LogP contribution < -0.4 is 11.1 Å². The molecule has 0 spiro atoms. The minimum absolute atomic E-state index is 0.358. The number of aromatic nitrogens is 6. The summed E-state index contributed by atoms with van der Waals surface area (Å²) in [5, 5.41) is 12.4. The number of nitrogens with zero attached hydrogens (tertiary/aromatic N) is 5. The van der Waals surface area contributed by atoms with Gasteiger partial charge < -0.3 is 16.0 Å². The third kappa shape index (κ3) is 2.37. The van der Waals surface area contributed by atoms with Gasteiger partial charge in [-0.05, 0) is 43.9 Å². The number of hydrogen-bond donors (Lipinski definition) is 3. The lowest BCUT2D eigenvalue weighted by atomic mass is 10.1. The molecule has 0 unspecified atom stereocenters. The minimum atomic E-state index is 0.358. The largest absolute Gasteiger partial charge is 0.397 e. The van der Waals surface area contributed by atoms with Crippen molar-refractivity contribution in [2.24, 2.45) is 0 Å². The molecule has 0 saturated heterocycles. The van der Waals surface area contributed by atoms with E-state index in [1.54, 1.807) is 12.4 Å². The number of aromatic amines is 1. The van der Waals surface area contributed by atoms with Gasteiger partial charge in [0.25, 0.3) is 0 Å². The Bertz CT molecular complexity index is 1100. The van der Waals surface area contributed by atoms with Crippen molar-refractivity contribution in [3.05, 3.63) is 42.1 Å². The number of nitrogens with one attached hydrogen (secondary N) is 2. The van der Waals surface area contributed by atoms with E-state index in [9.17, 15) is 0 Å². The first-order valence-corrected chi connectivity index (χ1v) is 8.85. The quantitative estimate of drug-likeness (QED) is 0.525. The van der Waals surface area contributed by atoms with E-state index in [0.717, 1.165) is 53.3 Å². The van der Waals surface area contributed by atoms with Gasteiger partial charge in [0.05, 0.1) is 23.6 Å². The molecule has 132 valence electrons. The Morgan fingerprint density at radius 1 is 1.23 bits per heavy atom. The van der Waals surface area contributed by atoms with E-state index in [1.165, 1.54) is 0 Å². The van der Waals surface area contributed by atoms with Gasteiger partial charge >= 0.3 is 0 Å². The molecule has 8 heteroatoms. The van der Waals surface area contributed by atoms with Crippen molar-refractivity contribution in [2.75, 3.05) is 11.1 Å². The molecule has 2 atom stereocenters. The average molecular weight is 348 g/mol. The van der Waals surface area contributed by atoms with Gasteiger partial charge in [0, 0.05) is 18.2 Å². The molecule has 26 heavy (non-hydrogen) atoms. The highest BCUT2D eigenvalue weighted by atomic mass is 15.3. The maximum atomic E-state index is 5.80. The molecule has 4 N–H and O–H groups in total. The van der Waals surface area contributed by atoms with E-state index in [0.29, 0.717) is 17.6 Å². The zero-order valence-corrected chi connectivity index (χ0v) is 14.5. The van der Waals surface area contributed by atoms with Crippen LogP contribution in [0.25, 0.3) is 16.8 Å². The smallest absolute Gasteiger partial charge is 0.179 e. The Hall–Kier alpha value is -3.16. The van der Waals surface area contributed by atoms with Crippen LogP contribution in [0.15, 0.2) is 30.7 Å². The molecule has 0 amide bonds. The lowest BCUT2D eigenvalue weighted by Gasteiger charge is -2.15. The third-order valence-corrected chi connectivity index (χ3v) is 5.21. The first kappa shape index (κ1) is 15.1. The number of rotatable bonds is 3. The van der Waals surface area contributed by atoms with Gasteiger partial charge in [0.15, 0.2) is 11.3 Å². The van der Waals surface area contributed by atoms with E-state index in [2.05, 4.69) is 34.9 Å². The van der Waals surface area contributed by atoms with Gasteiger partial charge in [-0.2, -0.15) is 0 Å². The van der Waals surface area contributed by atoms with Crippen LogP contribution >= 0.6 is 0 Å². The fourth-order valence-corrected chi connectivity index (χ4v) is 3.95. The topological polar surface area (TPSA) is 110 Å². The summed E-state index contributed by atoms with van der Waals surface area (Å²) in [5.41, 5.74) is 10.2. The molecular weight excluding hydrogens is 328 g/mol. The highest BCUT2D eigenvalue weighted by Gasteiger charge is 2.30. The van der Waals surface area contributed by atoms with Crippen molar-refractivity contribution in [2.45, 2.75) is 38.1 Å². The molecule has 4 aromatic heterocycles. The van der Waals surface area contributed by atoms with Crippen molar-refractivity contribution in [3.8, 4) is 0 Å². The summed E-state index contributed by atoms with van der Waals surface area (Å²) < 4.78 is 2.12. The maximum Gasteiger partial charge on any atom is 0.179 e. The number of hydrogen-bond acceptors (Lipinski definition) is 6. The lowest BCUT2D eigenvalue weighted by molar-refractivity contribution is 0.651. The van der Waals surface area contributed by atoms with Crippen molar-refractivity contribution in [3.63, 3.8) is 0 Å². The number of aryl methyl sites for hydroxylation is 1. The van der Waals surface area contributed by atoms with Gasteiger partial charge in [-0.1, -0.05) is 0 Å². The Kier molecular flexibility index (Phi) is 3.31. The fraction of sp³-hybridized carbons (Fsp3) is 0.333. The molecule has 1 aliphatic carbocycles. The van der Waals surface area contributed by atoms with Crippen molar-refractivity contribution in [1.29, 1.82) is 0 Å². The van der Waals surface area contributed by atoms with Crippen LogP contribution in [0, 0.1) is 6.92 Å². The van der Waals surface area contributed by atoms with Crippen LogP contribution in [0.5, 0.6) is 0 Å². The second-order valence-corrected chi connectivity index (χ2v) is 7.01. The van der Waals surface area contributed by atoms with Crippen LogP contribution in [0.1, 0.15) is 36.6 Å². The fourth-order valence-electron chi connectivity index (χ4n) is 3.95. The molecular formula is C18H20N8. The SMILES string of the molecule is Cc1cc(N)cnc1N[C@H]1CC[C@@H](c2nnc3cnc4[nH]ccc4n23)C1. The third-order valence-electron chi connectivity index (χ3n) is 5.21. The number of nitrogens with two attached hydrogens (primary N) is 1. The Balaban J connectivity index is 1.42. The summed E-state index contributed by atoms with van der Waals surface area (Å²) in [4.78, 5) is 12.0. The molecule has 4 aromatic rings. The maximum absolute atomic E-state index is 5.80. The zero-order chi connectivity index (χ0) is 17.7. The van der Waals surface area contributed by atoms with Crippen LogP contribution in [0.4, 0.5) is 11.5 Å². The molecule has 4 heterocycles. The number of H-pyrrole nitrogens is 1. The number of nitrogen functional groups attached to an aromatic ring is 1. The Morgan fingerprint density at radius 2 is 2.15 bits per heavy atom. The summed E-state index contributed by atoms with van der Waals surface area (Å²) >= 11 is 0. The highest BCUT2D eigenvalue weighted by molar-refractivity contribution is 5.74. The van der Waals surface area contributed by atoms with Crippen molar-refractivity contribution >= 4 is 28.3 Å². The van der Waals surface area contributed by atoms with Crippen LogP contribution in [0.2, 0.25) is 0 Å². The number of pyridine rings is 1. The molecule has 0 aliphatic heterocycles. The summed E-state index contributed by atoms with van der Waals surface area (Å²) in [6.45, 7) is 2.03. The summed E-state index contributed by atoms with van der Waals surface area (Å²) in [6.07, 6.45) is 8.51. The van der Waals surface area contributed by atoms with E-state index in [-0.39, 0.29) is 0 Å². The van der Waals surface area contributed by atoms with Gasteiger partial charge in [-0.3, -0.25) is 4.40 Å². The summed E-state index contributed by atoms with van der Waals surface area (Å²) in [5.74, 6) is 2.28. The Labute approximate surface area is 149 Å². The van der Waals surface area contributed by atoms with Crippen LogP contribution in [-0.4, -0.2) is 35.6 Å². The van der Waals surface area contributed by atoms with Crippen LogP contribution in [-0.2, 0) is 0 Å². The second-order valence-electron chi connectivity index (χ2n) is 7.01. The number of fused-ring (bicyclic) bond motifs is 3. The van der Waals surface area contributed by atoms with Gasteiger partial charge in [0.1, 0.15) is 11.6 Å². The molecule has 1 aliphatic rings. The standard InChI is InChI=1S/C18H20N8/c1-10-6-12(19)8-21-16(10)23-13-3-2-11(7-13)18-25-24-15-9-22-17-14(26(15)18)4-5-20-17/h4-6,8-9,11,13,20H,2-3,7,19H2,1H3,(H,21,23)/t11-,13+/m1/s1. The predicted octanol–water partition coefficient (Wildman–Crippen LogP) is 2.64. The minimum Gasteiger partial charge on any atom is -0.397 e. The molecule has 0 aromatic carbocycles. The first-order valence-electron chi connectivity index (χ1n) is 8.85. The highest BCUT2D eigenvalue weighted by Crippen LogP contribution is 2.36. The monoisotopic (exact) mass is 348 g/mol. The zero-order valence-electron chi connectivity index (χ0n) is 14.5. The van der Waals surface area contributed by atoms with Crippen LogP contribution in [0.3, 0.4) is 0 Å². The Morgan fingerprint density at radius 3 is 3.04 bits per heavy atom. The van der Waals surface area contributed by atoms with Gasteiger partial charge in [-0.25, -0.2) is 9.97 Å². The van der Waals surface area contributed by atoms with Gasteiger partial charge in [-0.15, -0.1) is 10.2 Å². The molecule has 0 bridgehead atoms. The average Bonchev–Trinajstić information content (AvgIpc) is 3.34. The molecule has 1 fully saturated rings. The van der Waals surface area contributed by atoms with Gasteiger partial charge in [0.2, 0.25) is 0 Å². The second kappa shape index (κ2) is 5.69. The molecule has 5 rings (SSSR count).